The van der Waals surface area contributed by atoms with Crippen LogP contribution in [-0.2, 0) is 22.2 Å². The molecule has 0 unspecified atom stereocenters. The second kappa shape index (κ2) is 4.94. The van der Waals surface area contributed by atoms with E-state index in [1.807, 2.05) is 0 Å². The summed E-state index contributed by atoms with van der Waals surface area (Å²) in [5.74, 6) is 0. The second-order valence-corrected chi connectivity index (χ2v) is 0.882. The van der Waals surface area contributed by atoms with Crippen LogP contribution in [0.3, 0.4) is 0 Å². The van der Waals surface area contributed by atoms with Gasteiger partial charge in [-0.05, 0) is 12.5 Å². The molecule has 0 aromatic rings. The van der Waals surface area contributed by atoms with Crippen molar-refractivity contribution in [2.45, 2.75) is 6.92 Å². The Morgan fingerprint density at radius 2 is 2.00 bits per heavy atom. The molecule has 0 aromatic carbocycles. The van der Waals surface area contributed by atoms with E-state index < -0.39 is 0 Å². The third kappa shape index (κ3) is 9.05. The Labute approximate surface area is 48.2 Å². The molecule has 0 spiro atoms. The fraction of sp³-hybridized carbons (Fsp3) is 0.250. The molecule has 0 fully saturated rings. The van der Waals surface area contributed by atoms with E-state index in [0.29, 0.717) is 5.57 Å². The van der Waals surface area contributed by atoms with Crippen molar-refractivity contribution in [1.82, 2.24) is 0 Å². The molecular formula is C4H5CrO. The van der Waals surface area contributed by atoms with E-state index in [-0.39, 0.29) is 17.4 Å². The van der Waals surface area contributed by atoms with Gasteiger partial charge in [-0.3, -0.25) is 4.79 Å². The fourth-order valence-electron chi connectivity index (χ4n) is 0. The Balaban J connectivity index is 0. The van der Waals surface area contributed by atoms with E-state index >= 15 is 0 Å². The third-order valence-electron chi connectivity index (χ3n) is 0.174. The van der Waals surface area contributed by atoms with Crippen LogP contribution < -0.4 is 0 Å². The van der Waals surface area contributed by atoms with Crippen molar-refractivity contribution < 1.29 is 22.2 Å². The zero-order chi connectivity index (χ0) is 4.28. The number of carbonyl (C=O) groups excluding carboxylic acids is 1. The predicted molar refractivity (Wildman–Crippen MR) is 20.5 cm³/mol. The van der Waals surface area contributed by atoms with Crippen molar-refractivity contribution in [2.24, 2.45) is 0 Å². The molecule has 33 valence electrons. The van der Waals surface area contributed by atoms with Crippen molar-refractivity contribution in [3.8, 4) is 0 Å². The van der Waals surface area contributed by atoms with E-state index in [4.69, 9.17) is 0 Å². The van der Waals surface area contributed by atoms with Gasteiger partial charge in [0.25, 0.3) is 0 Å². The van der Waals surface area contributed by atoms with Gasteiger partial charge in [0, 0.05) is 17.4 Å². The summed E-state index contributed by atoms with van der Waals surface area (Å²) < 4.78 is 0. The van der Waals surface area contributed by atoms with Crippen molar-refractivity contribution in [1.29, 1.82) is 0 Å². The molecule has 0 saturated heterocycles. The molecule has 0 heterocycles. The van der Waals surface area contributed by atoms with Crippen LogP contribution in [0.5, 0.6) is 0 Å². The van der Waals surface area contributed by atoms with Gasteiger partial charge in [-0.2, -0.15) is 0 Å². The first-order valence-electron chi connectivity index (χ1n) is 1.31. The van der Waals surface area contributed by atoms with Crippen molar-refractivity contribution in [3.63, 3.8) is 0 Å². The molecule has 0 N–H and O–H groups in total. The molecular weight excluding hydrogens is 116 g/mol. The molecule has 1 radical (unpaired) electrons. The molecule has 2 heteroatoms. The van der Waals surface area contributed by atoms with E-state index in [1.54, 1.807) is 13.2 Å². The maximum atomic E-state index is 9.28. The standard InChI is InChI=1S/C4H5O.Cr/c1-4(2)3-5;/h1H2,2H3;. The smallest absolute Gasteiger partial charge is 0.228 e. The molecule has 0 aromatic heterocycles. The molecule has 1 nitrogen and oxygen atoms in total. The molecule has 0 rings (SSSR count). The maximum Gasteiger partial charge on any atom is 0.228 e. The molecule has 0 aliphatic carbocycles. The van der Waals surface area contributed by atoms with Crippen molar-refractivity contribution >= 4 is 6.29 Å². The molecule has 0 amide bonds. The number of hydrogen-bond donors (Lipinski definition) is 0. The topological polar surface area (TPSA) is 17.1 Å². The Morgan fingerprint density at radius 1 is 1.83 bits per heavy atom. The molecule has 0 bridgehead atoms. The van der Waals surface area contributed by atoms with Crippen molar-refractivity contribution in [2.75, 3.05) is 0 Å². The average Bonchev–Trinajstić information content (AvgIpc) is 1.38. The summed E-state index contributed by atoms with van der Waals surface area (Å²) >= 11 is 0. The maximum absolute atomic E-state index is 9.28. The number of rotatable bonds is 1. The van der Waals surface area contributed by atoms with Gasteiger partial charge in [0.1, 0.15) is 0 Å². The van der Waals surface area contributed by atoms with Gasteiger partial charge in [-0.15, -0.1) is 0 Å². The van der Waals surface area contributed by atoms with Gasteiger partial charge in [0.15, 0.2) is 0 Å². The molecule has 0 aliphatic rings. The van der Waals surface area contributed by atoms with E-state index in [1.165, 1.54) is 0 Å². The van der Waals surface area contributed by atoms with Crippen LogP contribution in [0.25, 0.3) is 0 Å². The zero-order valence-electron chi connectivity index (χ0n) is 3.52. The molecule has 6 heavy (non-hydrogen) atoms. The van der Waals surface area contributed by atoms with Crippen LogP contribution in [0.2, 0.25) is 0 Å². The van der Waals surface area contributed by atoms with Crippen LogP contribution in [0.4, 0.5) is 0 Å². The number of hydrogen-bond acceptors (Lipinski definition) is 1. The zero-order valence-corrected chi connectivity index (χ0v) is 4.80. The van der Waals surface area contributed by atoms with Gasteiger partial charge in [-0.25, -0.2) is 0 Å². The van der Waals surface area contributed by atoms with Crippen molar-refractivity contribution in [3.05, 3.63) is 12.2 Å². The molecule has 0 saturated carbocycles. The summed E-state index contributed by atoms with van der Waals surface area (Å²) in [7, 11) is 0. The molecule has 0 atom stereocenters. The predicted octanol–water partition coefficient (Wildman–Crippen LogP) is 0.670. The quantitative estimate of drug-likeness (QED) is 0.466. The van der Waals surface area contributed by atoms with Gasteiger partial charge in [-0.1, -0.05) is 6.58 Å². The SMILES string of the molecule is C=C(C)[C]=O.[Cr]. The Kier molecular flexibility index (Phi) is 7.69. The Hall–Kier alpha value is -0.0575. The normalized spacial score (nSPS) is 5.50. The van der Waals surface area contributed by atoms with Gasteiger partial charge < -0.3 is 0 Å². The van der Waals surface area contributed by atoms with Crippen LogP contribution in [0, 0.1) is 0 Å². The minimum absolute atomic E-state index is 0. The van der Waals surface area contributed by atoms with E-state index in [9.17, 15) is 4.79 Å². The number of allylic oxidation sites excluding steroid dienone is 1. The minimum Gasteiger partial charge on any atom is -0.285 e. The van der Waals surface area contributed by atoms with E-state index in [0.717, 1.165) is 0 Å². The average molecular weight is 121 g/mol. The first-order chi connectivity index (χ1) is 2.27. The van der Waals surface area contributed by atoms with Crippen LogP contribution >= 0.6 is 0 Å². The van der Waals surface area contributed by atoms with Gasteiger partial charge in [0.2, 0.25) is 6.29 Å². The fourth-order valence-corrected chi connectivity index (χ4v) is 0. The van der Waals surface area contributed by atoms with E-state index in [2.05, 4.69) is 6.58 Å². The van der Waals surface area contributed by atoms with Gasteiger partial charge in [0.05, 0.1) is 0 Å². The Morgan fingerprint density at radius 3 is 2.00 bits per heavy atom. The summed E-state index contributed by atoms with van der Waals surface area (Å²) in [6, 6.07) is 0. The van der Waals surface area contributed by atoms with Crippen LogP contribution in [0.15, 0.2) is 12.2 Å². The Bertz CT molecular complexity index is 58.6. The van der Waals surface area contributed by atoms with Gasteiger partial charge >= 0.3 is 0 Å². The summed E-state index contributed by atoms with van der Waals surface area (Å²) in [6.45, 7) is 4.85. The molecule has 0 aliphatic heterocycles. The third-order valence-corrected chi connectivity index (χ3v) is 0.174. The first-order valence-corrected chi connectivity index (χ1v) is 1.31. The largest absolute Gasteiger partial charge is 0.285 e. The second-order valence-electron chi connectivity index (χ2n) is 0.882. The minimum atomic E-state index is 0. The van der Waals surface area contributed by atoms with Crippen LogP contribution in [-0.4, -0.2) is 6.29 Å². The first kappa shape index (κ1) is 9.34. The van der Waals surface area contributed by atoms with Crippen LogP contribution in [0.1, 0.15) is 6.92 Å². The summed E-state index contributed by atoms with van der Waals surface area (Å²) in [5.41, 5.74) is 0.449. The summed E-state index contributed by atoms with van der Waals surface area (Å²) in [6.07, 6.45) is 1.58. The summed E-state index contributed by atoms with van der Waals surface area (Å²) in [4.78, 5) is 9.28. The monoisotopic (exact) mass is 121 g/mol. The summed E-state index contributed by atoms with van der Waals surface area (Å²) in [5, 5.41) is 0.